The minimum absolute atomic E-state index is 0.126. The number of fused-ring (bicyclic) bond motifs is 3. The second-order valence-electron chi connectivity index (χ2n) is 11.1. The number of benzene rings is 1. The van der Waals surface area contributed by atoms with Crippen molar-refractivity contribution in [2.45, 2.75) is 24.3 Å². The van der Waals surface area contributed by atoms with Gasteiger partial charge in [-0.15, -0.1) is 0 Å². The van der Waals surface area contributed by atoms with E-state index in [-0.39, 0.29) is 12.5 Å². The molecule has 13 heteroatoms. The number of carbonyl (C=O) groups excluding carboxylic acids is 1. The Kier molecular flexibility index (Phi) is 5.77. The molecule has 0 spiro atoms. The second kappa shape index (κ2) is 8.81. The van der Waals surface area contributed by atoms with Crippen LogP contribution in [0.3, 0.4) is 0 Å². The van der Waals surface area contributed by atoms with Gasteiger partial charge in [0, 0.05) is 41.4 Å². The molecule has 1 amide bonds. The van der Waals surface area contributed by atoms with E-state index in [1.54, 1.807) is 23.1 Å². The van der Waals surface area contributed by atoms with E-state index in [4.69, 9.17) is 19.3 Å². The molecule has 5 heterocycles. The van der Waals surface area contributed by atoms with E-state index in [0.29, 0.717) is 30.4 Å². The van der Waals surface area contributed by atoms with Crippen molar-refractivity contribution < 1.29 is 19.0 Å². The summed E-state index contributed by atoms with van der Waals surface area (Å²) >= 11 is 1.58. The molecule has 3 aromatic heterocycles. The van der Waals surface area contributed by atoms with Crippen molar-refractivity contribution in [1.29, 1.82) is 0 Å². The number of ether oxygens (including phenoxy) is 3. The highest BCUT2D eigenvalue weighted by atomic mass is 32.1. The fourth-order valence-corrected chi connectivity index (χ4v) is 6.15. The quantitative estimate of drug-likeness (QED) is 0.343. The number of methoxy groups -OCH3 is 1. The Hall–Kier alpha value is -3.44. The number of hydrogen-bond acceptors (Lipinski definition) is 7. The molecule has 0 N–H and O–H groups in total. The monoisotopic (exact) mass is 527 g/mol. The van der Waals surface area contributed by atoms with Crippen molar-refractivity contribution in [3.05, 3.63) is 52.5 Å². The lowest BCUT2D eigenvalue weighted by atomic mass is 9.47. The third kappa shape index (κ3) is 3.87. The standard InChI is InChI=1S/C25H28B3N5O4S/c1-24(12-36-13-24)33(25(26,27)28)23(34)21-17-10-37-20-9-19(35-3)15(18-4-6-31(2)29-18)8-16(20)22(17)32(30-21)14-5-7-38-11-14/h4-9,11H,10,12-13,26-28H2,1-3H3. The van der Waals surface area contributed by atoms with Gasteiger partial charge in [0.15, 0.2) is 5.69 Å². The lowest BCUT2D eigenvalue weighted by molar-refractivity contribution is -0.117. The topological polar surface area (TPSA) is 83.6 Å². The van der Waals surface area contributed by atoms with Crippen LogP contribution in [0.5, 0.6) is 11.5 Å². The second-order valence-corrected chi connectivity index (χ2v) is 11.9. The maximum atomic E-state index is 14.3. The minimum atomic E-state index is -0.429. The van der Waals surface area contributed by atoms with Gasteiger partial charge in [0.2, 0.25) is 0 Å². The third-order valence-corrected chi connectivity index (χ3v) is 7.77. The summed E-state index contributed by atoms with van der Waals surface area (Å²) in [5.74, 6) is 1.22. The number of rotatable bonds is 6. The number of carbonyl (C=O) groups is 1. The highest BCUT2D eigenvalue weighted by molar-refractivity contribution is 7.08. The van der Waals surface area contributed by atoms with Crippen LogP contribution in [0.1, 0.15) is 23.0 Å². The Bertz CT molecular complexity index is 1540. The fourth-order valence-electron chi connectivity index (χ4n) is 5.54. The van der Waals surface area contributed by atoms with Gasteiger partial charge in [-0.05, 0) is 35.7 Å². The molecule has 38 heavy (non-hydrogen) atoms. The van der Waals surface area contributed by atoms with Crippen LogP contribution >= 0.6 is 11.3 Å². The van der Waals surface area contributed by atoms with Crippen molar-refractivity contribution in [2.24, 2.45) is 7.05 Å². The number of hydrogen-bond donors (Lipinski definition) is 0. The molecule has 4 aromatic rings. The van der Waals surface area contributed by atoms with Gasteiger partial charge < -0.3 is 19.1 Å². The number of nitrogens with zero attached hydrogens (tertiary/aromatic N) is 5. The van der Waals surface area contributed by atoms with Gasteiger partial charge in [-0.3, -0.25) is 9.48 Å². The van der Waals surface area contributed by atoms with Gasteiger partial charge in [-0.25, -0.2) is 4.68 Å². The zero-order valence-electron chi connectivity index (χ0n) is 22.4. The zero-order valence-corrected chi connectivity index (χ0v) is 23.3. The maximum Gasteiger partial charge on any atom is 0.273 e. The van der Waals surface area contributed by atoms with E-state index in [0.717, 1.165) is 33.8 Å². The number of aromatic nitrogens is 4. The van der Waals surface area contributed by atoms with Crippen molar-refractivity contribution in [2.75, 3.05) is 20.3 Å². The van der Waals surface area contributed by atoms with Crippen LogP contribution < -0.4 is 9.47 Å². The third-order valence-electron chi connectivity index (χ3n) is 7.09. The molecule has 0 unspecified atom stereocenters. The Balaban J connectivity index is 1.57. The SMILES string of the molecule is BC(B)(B)N(C(=O)c1nn(-c2ccsc2)c2c1COc1cc(OC)c(-c3ccn(C)n3)cc1-2)C1(C)COC1. The van der Waals surface area contributed by atoms with E-state index in [1.807, 2.05) is 81.4 Å². The largest absolute Gasteiger partial charge is 0.496 e. The van der Waals surface area contributed by atoms with E-state index in [9.17, 15) is 4.79 Å². The van der Waals surface area contributed by atoms with Gasteiger partial charge in [0.1, 0.15) is 41.6 Å². The van der Waals surface area contributed by atoms with Crippen LogP contribution in [-0.4, -0.2) is 85.0 Å². The highest BCUT2D eigenvalue weighted by Crippen LogP contribution is 2.46. The summed E-state index contributed by atoms with van der Waals surface area (Å²) in [6.07, 6.45) is 1.90. The molecule has 0 bridgehead atoms. The first-order chi connectivity index (χ1) is 18.1. The van der Waals surface area contributed by atoms with Crippen molar-refractivity contribution in [1.82, 2.24) is 24.5 Å². The normalized spacial score (nSPS) is 15.7. The molecule has 1 saturated heterocycles. The summed E-state index contributed by atoms with van der Waals surface area (Å²) in [4.78, 5) is 16.2. The molecule has 0 radical (unpaired) electrons. The molecular weight excluding hydrogens is 499 g/mol. The van der Waals surface area contributed by atoms with Gasteiger partial charge in [-0.1, -0.05) is 0 Å². The summed E-state index contributed by atoms with van der Waals surface area (Å²) in [6, 6.07) is 7.87. The van der Waals surface area contributed by atoms with Crippen LogP contribution in [0.25, 0.3) is 28.2 Å². The van der Waals surface area contributed by atoms with Crippen molar-refractivity contribution >= 4 is 40.8 Å². The van der Waals surface area contributed by atoms with E-state index >= 15 is 0 Å². The zero-order chi connectivity index (χ0) is 26.8. The Morgan fingerprint density at radius 3 is 2.58 bits per heavy atom. The summed E-state index contributed by atoms with van der Waals surface area (Å²) in [6.45, 7) is 3.29. The fraction of sp³-hybridized carbons (Fsp3) is 0.320. The molecular formula is C25H28B3N5O4S. The van der Waals surface area contributed by atoms with E-state index in [1.165, 1.54) is 0 Å². The summed E-state index contributed by atoms with van der Waals surface area (Å²) in [5.41, 5.74) is 4.97. The molecule has 192 valence electrons. The molecule has 0 saturated carbocycles. The van der Waals surface area contributed by atoms with Crippen LogP contribution in [0, 0.1) is 0 Å². The Morgan fingerprint density at radius 1 is 1.21 bits per heavy atom. The molecule has 0 aliphatic carbocycles. The van der Waals surface area contributed by atoms with Crippen LogP contribution in [0.2, 0.25) is 0 Å². The molecule has 1 fully saturated rings. The molecule has 1 aromatic carbocycles. The number of thiophene rings is 1. The predicted octanol–water partition coefficient (Wildman–Crippen LogP) is 0.644. The maximum absolute atomic E-state index is 14.3. The number of aryl methyl sites for hydroxylation is 1. The summed E-state index contributed by atoms with van der Waals surface area (Å²) in [5, 5.41) is 13.2. The van der Waals surface area contributed by atoms with Crippen LogP contribution in [0.4, 0.5) is 0 Å². The first-order valence-corrected chi connectivity index (χ1v) is 13.5. The average molecular weight is 527 g/mol. The molecule has 2 aliphatic heterocycles. The Morgan fingerprint density at radius 2 is 2.00 bits per heavy atom. The van der Waals surface area contributed by atoms with Gasteiger partial charge in [-0.2, -0.15) is 21.5 Å². The number of amides is 1. The molecule has 0 atom stereocenters. The van der Waals surface area contributed by atoms with Gasteiger partial charge in [0.05, 0.1) is 42.9 Å². The minimum Gasteiger partial charge on any atom is -0.496 e. The van der Waals surface area contributed by atoms with Crippen LogP contribution in [-0.2, 0) is 18.4 Å². The summed E-state index contributed by atoms with van der Waals surface area (Å²) in [7, 11) is 9.67. The van der Waals surface area contributed by atoms with E-state index in [2.05, 4.69) is 12.0 Å². The highest BCUT2D eigenvalue weighted by Gasteiger charge is 2.48. The van der Waals surface area contributed by atoms with Crippen molar-refractivity contribution in [3.8, 4) is 39.7 Å². The first kappa shape index (κ1) is 24.9. The smallest absolute Gasteiger partial charge is 0.273 e. The molecule has 2 aliphatic rings. The average Bonchev–Trinajstić information content (AvgIpc) is 3.60. The first-order valence-electron chi connectivity index (χ1n) is 12.5. The lowest BCUT2D eigenvalue weighted by Gasteiger charge is -2.53. The van der Waals surface area contributed by atoms with Crippen molar-refractivity contribution in [3.63, 3.8) is 0 Å². The van der Waals surface area contributed by atoms with E-state index < -0.39 is 10.8 Å². The van der Waals surface area contributed by atoms with Gasteiger partial charge in [0.25, 0.3) is 5.91 Å². The molecule has 6 rings (SSSR count). The summed E-state index contributed by atoms with van der Waals surface area (Å²) < 4.78 is 21.1. The molecule has 9 nitrogen and oxygen atoms in total. The predicted molar refractivity (Wildman–Crippen MR) is 154 cm³/mol. The lowest BCUT2D eigenvalue weighted by Crippen LogP contribution is -2.70. The van der Waals surface area contributed by atoms with Gasteiger partial charge >= 0.3 is 0 Å². The van der Waals surface area contributed by atoms with Crippen LogP contribution in [0.15, 0.2) is 41.2 Å². The Labute approximate surface area is 227 Å².